The van der Waals surface area contributed by atoms with Crippen LogP contribution in [0, 0.1) is 5.21 Å². The first-order valence-corrected chi connectivity index (χ1v) is 15.9. The van der Waals surface area contributed by atoms with E-state index in [-0.39, 0.29) is 18.9 Å². The normalized spacial score (nSPS) is 23.0. The van der Waals surface area contributed by atoms with Crippen LogP contribution in [-0.2, 0) is 25.7 Å². The molecule has 3 atom stereocenters. The van der Waals surface area contributed by atoms with E-state index in [0.29, 0.717) is 65.4 Å². The number of hydroxylamine groups is 3. The first-order chi connectivity index (χ1) is 22.3. The molecule has 0 amide bonds. The van der Waals surface area contributed by atoms with E-state index in [1.165, 1.54) is 11.1 Å². The van der Waals surface area contributed by atoms with Gasteiger partial charge in [-0.1, -0.05) is 18.2 Å². The molecule has 9 nitrogen and oxygen atoms in total. The third-order valence-electron chi connectivity index (χ3n) is 10.1. The largest absolute Gasteiger partial charge is 0.633 e. The van der Waals surface area contributed by atoms with Crippen LogP contribution in [0.4, 0.5) is 0 Å². The highest BCUT2D eigenvalue weighted by Crippen LogP contribution is 2.53. The molecular weight excluding hydrogens is 584 g/mol. The molecule has 238 valence electrons. The van der Waals surface area contributed by atoms with E-state index in [9.17, 15) is 5.21 Å². The maximum absolute atomic E-state index is 14.1. The summed E-state index contributed by atoms with van der Waals surface area (Å²) in [6, 6.07) is 19.9. The van der Waals surface area contributed by atoms with Crippen molar-refractivity contribution >= 4 is 0 Å². The summed E-state index contributed by atoms with van der Waals surface area (Å²) in [6.45, 7) is 1.50. The van der Waals surface area contributed by atoms with Crippen molar-refractivity contribution in [2.24, 2.45) is 0 Å². The lowest BCUT2D eigenvalue weighted by molar-refractivity contribution is -0.894. The van der Waals surface area contributed by atoms with E-state index in [1.807, 2.05) is 42.5 Å². The van der Waals surface area contributed by atoms with Crippen LogP contribution in [0.25, 0.3) is 0 Å². The van der Waals surface area contributed by atoms with Crippen molar-refractivity contribution in [3.8, 4) is 46.0 Å². The van der Waals surface area contributed by atoms with Gasteiger partial charge in [-0.2, -0.15) is 0 Å². The fourth-order valence-electron chi connectivity index (χ4n) is 7.47. The zero-order chi connectivity index (χ0) is 31.6. The topological polar surface area (TPSA) is 81.7 Å². The fraction of sp³-hybridized carbons (Fsp3) is 0.351. The van der Waals surface area contributed by atoms with Gasteiger partial charge in [-0.3, -0.25) is 4.90 Å². The summed E-state index contributed by atoms with van der Waals surface area (Å²) >= 11 is 0. The maximum atomic E-state index is 14.1. The SMILES string of the molecule is COc1ccc2cc1Oc1ccc(cc1)C[C@H]1c3c(cc4c(c3Oc3cc5c(cc3OC)CC[N@+](C)([O-])[C@@H]5C2)OCO4)CCN1C. The standard InChI is InChI=1S/C37H38N2O7/c1-38-13-11-25-19-34-36(44-21-43-34)37-35(25)28(38)15-22-5-8-26(9-6-22)45-32-17-23(7-10-30(32)41-3)16-29-27-20-33(46-37)31(42-4)18-24(27)12-14-39(29,2)40/h5-10,17-20,28-29H,11-16,21H2,1-4H3/t28-,29+,39-/m0/s1. The lowest BCUT2D eigenvalue weighted by Gasteiger charge is -2.49. The predicted molar refractivity (Wildman–Crippen MR) is 172 cm³/mol. The van der Waals surface area contributed by atoms with Gasteiger partial charge in [-0.05, 0) is 84.6 Å². The molecular formula is C37H38N2O7. The number of nitrogens with zero attached hydrogens (tertiary/aromatic N) is 2. The molecule has 0 aromatic heterocycles. The lowest BCUT2D eigenvalue weighted by Crippen LogP contribution is -2.47. The Morgan fingerprint density at radius 1 is 0.783 bits per heavy atom. The van der Waals surface area contributed by atoms with E-state index in [1.54, 1.807) is 21.3 Å². The average Bonchev–Trinajstić information content (AvgIpc) is 3.53. The molecule has 9 rings (SSSR count). The minimum atomic E-state index is -0.400. The molecule has 46 heavy (non-hydrogen) atoms. The Hall–Kier alpha value is -4.44. The van der Waals surface area contributed by atoms with Crippen molar-refractivity contribution in [1.29, 1.82) is 0 Å². The van der Waals surface area contributed by atoms with E-state index < -0.39 is 4.65 Å². The Kier molecular flexibility index (Phi) is 7.01. The van der Waals surface area contributed by atoms with Gasteiger partial charge in [0.2, 0.25) is 12.5 Å². The van der Waals surface area contributed by atoms with Crippen LogP contribution in [0.15, 0.2) is 60.7 Å². The van der Waals surface area contributed by atoms with Gasteiger partial charge in [0.1, 0.15) is 11.8 Å². The third-order valence-corrected chi connectivity index (χ3v) is 10.1. The minimum Gasteiger partial charge on any atom is -0.633 e. The molecule has 0 saturated heterocycles. The van der Waals surface area contributed by atoms with Gasteiger partial charge in [0.15, 0.2) is 34.5 Å². The highest BCUT2D eigenvalue weighted by molar-refractivity contribution is 5.64. The van der Waals surface area contributed by atoms with Gasteiger partial charge in [-0.15, -0.1) is 0 Å². The van der Waals surface area contributed by atoms with Crippen molar-refractivity contribution in [3.05, 3.63) is 99.3 Å². The fourth-order valence-corrected chi connectivity index (χ4v) is 7.47. The average molecular weight is 623 g/mol. The highest BCUT2D eigenvalue weighted by Gasteiger charge is 2.38. The van der Waals surface area contributed by atoms with Crippen LogP contribution >= 0.6 is 0 Å². The number of hydrogen-bond donors (Lipinski definition) is 0. The van der Waals surface area contributed by atoms with Crippen molar-refractivity contribution in [1.82, 2.24) is 4.90 Å². The number of quaternary nitrogens is 1. The van der Waals surface area contributed by atoms with Gasteiger partial charge in [0, 0.05) is 36.6 Å². The van der Waals surface area contributed by atoms with Crippen LogP contribution in [0.2, 0.25) is 0 Å². The minimum absolute atomic E-state index is 0.0219. The molecule has 0 radical (unpaired) electrons. The molecule has 0 unspecified atom stereocenters. The number of methoxy groups -OCH3 is 2. The molecule has 0 saturated carbocycles. The van der Waals surface area contributed by atoms with Crippen molar-refractivity contribution < 1.29 is 33.1 Å². The molecule has 0 fully saturated rings. The van der Waals surface area contributed by atoms with Gasteiger partial charge >= 0.3 is 0 Å². The first-order valence-electron chi connectivity index (χ1n) is 15.9. The molecule has 0 aliphatic carbocycles. The van der Waals surface area contributed by atoms with Gasteiger partial charge < -0.3 is 38.3 Å². The van der Waals surface area contributed by atoms with Gasteiger partial charge in [0.05, 0.1) is 27.8 Å². The van der Waals surface area contributed by atoms with Gasteiger partial charge in [0.25, 0.3) is 0 Å². The lowest BCUT2D eigenvalue weighted by atomic mass is 9.87. The maximum Gasteiger partial charge on any atom is 0.231 e. The Morgan fingerprint density at radius 2 is 1.57 bits per heavy atom. The zero-order valence-corrected chi connectivity index (χ0v) is 26.6. The summed E-state index contributed by atoms with van der Waals surface area (Å²) in [5, 5.41) is 14.1. The summed E-state index contributed by atoms with van der Waals surface area (Å²) in [4.78, 5) is 2.37. The number of benzene rings is 4. The smallest absolute Gasteiger partial charge is 0.231 e. The first kappa shape index (κ1) is 29.0. The third kappa shape index (κ3) is 4.90. The molecule has 5 aliphatic rings. The second-order valence-corrected chi connectivity index (χ2v) is 12.9. The van der Waals surface area contributed by atoms with Crippen LogP contribution in [0.3, 0.4) is 0 Å². The number of likely N-dealkylation sites (N-methyl/N-ethyl adjacent to an activating group) is 2. The quantitative estimate of drug-likeness (QED) is 0.177. The summed E-state index contributed by atoms with van der Waals surface area (Å²) in [7, 11) is 7.21. The Balaban J connectivity index is 1.35. The molecule has 0 spiro atoms. The number of fused-ring (bicyclic) bond motifs is 3. The van der Waals surface area contributed by atoms with Crippen LogP contribution in [-0.4, -0.2) is 57.7 Å². The number of rotatable bonds is 2. The van der Waals surface area contributed by atoms with Crippen molar-refractivity contribution in [2.45, 2.75) is 37.8 Å². The number of hydrogen-bond acceptors (Lipinski definition) is 8. The Bertz CT molecular complexity index is 1820. The molecule has 4 aromatic carbocycles. The van der Waals surface area contributed by atoms with E-state index in [4.69, 9.17) is 28.4 Å². The number of ether oxygens (including phenoxy) is 6. The van der Waals surface area contributed by atoms with Crippen molar-refractivity contribution in [3.63, 3.8) is 0 Å². The Morgan fingerprint density at radius 3 is 2.37 bits per heavy atom. The summed E-state index contributed by atoms with van der Waals surface area (Å²) in [5.41, 5.74) is 6.47. The molecule has 5 aliphatic heterocycles. The van der Waals surface area contributed by atoms with E-state index >= 15 is 0 Å². The van der Waals surface area contributed by atoms with E-state index in [2.05, 4.69) is 30.1 Å². The summed E-state index contributed by atoms with van der Waals surface area (Å²) in [5.74, 6) is 5.08. The molecule has 9 heteroatoms. The molecule has 0 N–H and O–H groups in total. The summed E-state index contributed by atoms with van der Waals surface area (Å²) < 4.78 is 36.5. The van der Waals surface area contributed by atoms with Crippen LogP contribution < -0.4 is 28.4 Å². The predicted octanol–water partition coefficient (Wildman–Crippen LogP) is 6.89. The summed E-state index contributed by atoms with van der Waals surface area (Å²) in [6.07, 6.45) is 2.78. The van der Waals surface area contributed by atoms with Gasteiger partial charge in [-0.25, -0.2) is 0 Å². The molecule has 6 bridgehead atoms. The Labute approximate surface area is 268 Å². The van der Waals surface area contributed by atoms with Crippen molar-refractivity contribution in [2.75, 3.05) is 48.2 Å². The second-order valence-electron chi connectivity index (χ2n) is 12.9. The van der Waals surface area contributed by atoms with Crippen LogP contribution in [0.1, 0.15) is 45.5 Å². The highest BCUT2D eigenvalue weighted by atomic mass is 16.7. The molecule has 5 heterocycles. The monoisotopic (exact) mass is 622 g/mol. The van der Waals surface area contributed by atoms with Crippen LogP contribution in [0.5, 0.6) is 46.0 Å². The zero-order valence-electron chi connectivity index (χ0n) is 26.6. The molecule has 4 aromatic rings. The second kappa shape index (κ2) is 11.1. The van der Waals surface area contributed by atoms with E-state index in [0.717, 1.165) is 41.6 Å².